The summed E-state index contributed by atoms with van der Waals surface area (Å²) in [5, 5.41) is 0. The number of halogens is 1. The molecule has 0 spiro atoms. The van der Waals surface area contributed by atoms with E-state index in [2.05, 4.69) is 54.9 Å². The van der Waals surface area contributed by atoms with Crippen molar-refractivity contribution in [2.45, 2.75) is 53.5 Å². The molecule has 0 fully saturated rings. The van der Waals surface area contributed by atoms with Gasteiger partial charge in [0.2, 0.25) is 0 Å². The van der Waals surface area contributed by atoms with Gasteiger partial charge < -0.3 is 5.73 Å². The maximum absolute atomic E-state index is 12.4. The molecule has 4 aromatic carbocycles. The Bertz CT molecular complexity index is 1550. The molecule has 3 nitrogen and oxygen atoms in total. The Kier molecular flexibility index (Phi) is 8.11. The van der Waals surface area contributed by atoms with Crippen molar-refractivity contribution in [1.82, 2.24) is 0 Å². The van der Waals surface area contributed by atoms with Crippen LogP contribution >= 0.6 is 15.9 Å². The van der Waals surface area contributed by atoms with Crippen LogP contribution in [0.3, 0.4) is 0 Å². The second-order valence-corrected chi connectivity index (χ2v) is 13.3. The van der Waals surface area contributed by atoms with E-state index < -0.39 is 0 Å². The zero-order valence-corrected chi connectivity index (χ0v) is 25.1. The molecule has 0 atom stereocenters. The minimum atomic E-state index is 0. The standard InChI is InChI=1S/C18H18O.C13H7BrO.C4H11N/c1-18(2,3)11-12-8-9-14-13-6-4-5-7-15(13)17(19)16(14)10-12;14-8-5-6-10-9-3-1-2-4-11(9)13(15)12(10)7-8;1-4(2,3)5/h4-10H,11H2,1-3H3;1-7H;5H2,1-3H3. The van der Waals surface area contributed by atoms with Crippen LogP contribution in [0.15, 0.2) is 89.4 Å². The Morgan fingerprint density at radius 2 is 0.949 bits per heavy atom. The molecule has 0 aliphatic heterocycles. The summed E-state index contributed by atoms with van der Waals surface area (Å²) in [6, 6.07) is 27.8. The molecule has 0 bridgehead atoms. The Labute approximate surface area is 240 Å². The number of benzene rings is 4. The first-order chi connectivity index (χ1) is 18.2. The molecular formula is C35H36BrNO2. The number of ketones is 2. The Morgan fingerprint density at radius 3 is 1.41 bits per heavy atom. The number of fused-ring (bicyclic) bond motifs is 6. The van der Waals surface area contributed by atoms with Crippen LogP contribution in [-0.2, 0) is 6.42 Å². The van der Waals surface area contributed by atoms with Gasteiger partial charge in [0.15, 0.2) is 11.6 Å². The van der Waals surface area contributed by atoms with Gasteiger partial charge in [0.25, 0.3) is 0 Å². The van der Waals surface area contributed by atoms with Crippen LogP contribution in [0.5, 0.6) is 0 Å². The van der Waals surface area contributed by atoms with Gasteiger partial charge in [-0.3, -0.25) is 9.59 Å². The number of carbonyl (C=O) groups excluding carboxylic acids is 2. The molecule has 0 saturated heterocycles. The van der Waals surface area contributed by atoms with Gasteiger partial charge in [-0.2, -0.15) is 0 Å². The first-order valence-electron chi connectivity index (χ1n) is 13.2. The fourth-order valence-electron chi connectivity index (χ4n) is 4.80. The highest BCUT2D eigenvalue weighted by atomic mass is 79.9. The van der Waals surface area contributed by atoms with Crippen LogP contribution < -0.4 is 5.73 Å². The Balaban J connectivity index is 0.000000158. The highest BCUT2D eigenvalue weighted by molar-refractivity contribution is 9.10. The quantitative estimate of drug-likeness (QED) is 0.211. The van der Waals surface area contributed by atoms with Gasteiger partial charge in [0.05, 0.1) is 0 Å². The monoisotopic (exact) mass is 581 g/mol. The number of nitrogens with two attached hydrogens (primary N) is 1. The van der Waals surface area contributed by atoms with Crippen molar-refractivity contribution in [3.63, 3.8) is 0 Å². The minimum Gasteiger partial charge on any atom is -0.326 e. The van der Waals surface area contributed by atoms with E-state index in [-0.39, 0.29) is 22.5 Å². The third kappa shape index (κ3) is 6.81. The topological polar surface area (TPSA) is 60.2 Å². The van der Waals surface area contributed by atoms with E-state index >= 15 is 0 Å². The number of rotatable bonds is 1. The van der Waals surface area contributed by atoms with Crippen molar-refractivity contribution in [1.29, 1.82) is 0 Å². The van der Waals surface area contributed by atoms with E-state index in [0.29, 0.717) is 0 Å². The molecule has 2 aliphatic rings. The molecule has 6 rings (SSSR count). The summed E-state index contributed by atoms with van der Waals surface area (Å²) >= 11 is 3.38. The van der Waals surface area contributed by atoms with E-state index in [0.717, 1.165) is 55.4 Å². The van der Waals surface area contributed by atoms with Crippen molar-refractivity contribution >= 4 is 27.5 Å². The number of hydrogen-bond donors (Lipinski definition) is 1. The van der Waals surface area contributed by atoms with Crippen molar-refractivity contribution in [2.75, 3.05) is 0 Å². The highest BCUT2D eigenvalue weighted by Crippen LogP contribution is 2.38. The van der Waals surface area contributed by atoms with Gasteiger partial charge in [-0.1, -0.05) is 103 Å². The highest BCUT2D eigenvalue weighted by Gasteiger charge is 2.27. The average Bonchev–Trinajstić information content (AvgIpc) is 3.29. The average molecular weight is 583 g/mol. The van der Waals surface area contributed by atoms with Gasteiger partial charge in [-0.15, -0.1) is 0 Å². The summed E-state index contributed by atoms with van der Waals surface area (Å²) in [5.41, 5.74) is 14.4. The van der Waals surface area contributed by atoms with Gasteiger partial charge in [0.1, 0.15) is 0 Å². The van der Waals surface area contributed by atoms with Gasteiger partial charge in [-0.05, 0) is 78.6 Å². The summed E-state index contributed by atoms with van der Waals surface area (Å²) in [5.74, 6) is 0.295. The lowest BCUT2D eigenvalue weighted by Crippen LogP contribution is -2.26. The molecular weight excluding hydrogens is 546 g/mol. The number of hydrogen-bond acceptors (Lipinski definition) is 3. The first kappa shape index (κ1) is 28.7. The van der Waals surface area contributed by atoms with E-state index in [4.69, 9.17) is 5.73 Å². The number of carbonyl (C=O) groups is 2. The van der Waals surface area contributed by atoms with Crippen LogP contribution in [0.4, 0.5) is 0 Å². The van der Waals surface area contributed by atoms with Gasteiger partial charge >= 0.3 is 0 Å². The van der Waals surface area contributed by atoms with E-state index in [1.165, 1.54) is 5.56 Å². The Morgan fingerprint density at radius 1 is 0.564 bits per heavy atom. The maximum atomic E-state index is 12.4. The van der Waals surface area contributed by atoms with Crippen LogP contribution in [-0.4, -0.2) is 17.1 Å². The second kappa shape index (κ2) is 11.0. The lowest BCUT2D eigenvalue weighted by Gasteiger charge is -2.18. The largest absolute Gasteiger partial charge is 0.326 e. The van der Waals surface area contributed by atoms with Crippen LogP contribution in [0.25, 0.3) is 22.3 Å². The molecule has 200 valence electrons. The third-order valence-electron chi connectivity index (χ3n) is 6.21. The van der Waals surface area contributed by atoms with Gasteiger partial charge in [-0.25, -0.2) is 0 Å². The molecule has 0 aromatic heterocycles. The first-order valence-corrected chi connectivity index (χ1v) is 14.0. The smallest absolute Gasteiger partial charge is 0.194 e. The summed E-state index contributed by atoms with van der Waals surface area (Å²) in [6.45, 7) is 12.6. The molecule has 4 aromatic rings. The lowest BCUT2D eigenvalue weighted by molar-refractivity contribution is 0.103. The zero-order chi connectivity index (χ0) is 28.5. The normalized spacial score (nSPS) is 12.8. The molecule has 39 heavy (non-hydrogen) atoms. The van der Waals surface area contributed by atoms with Crippen LogP contribution in [0, 0.1) is 5.41 Å². The molecule has 0 unspecified atom stereocenters. The van der Waals surface area contributed by atoms with E-state index in [1.54, 1.807) is 0 Å². The van der Waals surface area contributed by atoms with Crippen molar-refractivity contribution in [3.8, 4) is 22.3 Å². The molecule has 2 N–H and O–H groups in total. The minimum absolute atomic E-state index is 0. The zero-order valence-electron chi connectivity index (χ0n) is 23.6. The fraction of sp³-hybridized carbons (Fsp3) is 0.257. The summed E-state index contributed by atoms with van der Waals surface area (Å²) in [4.78, 5) is 24.4. The molecule has 4 heteroatoms. The fourth-order valence-corrected chi connectivity index (χ4v) is 5.16. The lowest BCUT2D eigenvalue weighted by atomic mass is 9.87. The predicted octanol–water partition coefficient (Wildman–Crippen LogP) is 8.89. The van der Waals surface area contributed by atoms with E-state index in [9.17, 15) is 9.59 Å². The predicted molar refractivity (Wildman–Crippen MR) is 165 cm³/mol. The van der Waals surface area contributed by atoms with Crippen molar-refractivity contribution < 1.29 is 9.59 Å². The molecule has 0 radical (unpaired) electrons. The SMILES string of the molecule is CC(C)(C)Cc1ccc2c(c1)C(=O)c1ccccc1-2.CC(C)(C)N.O=C1c2ccccc2-c2ccc(Br)cc21. The summed E-state index contributed by atoms with van der Waals surface area (Å²) in [7, 11) is 0. The van der Waals surface area contributed by atoms with Crippen LogP contribution in [0.2, 0.25) is 0 Å². The van der Waals surface area contributed by atoms with Gasteiger partial charge in [0, 0.05) is 32.3 Å². The Hall–Kier alpha value is -3.34. The summed E-state index contributed by atoms with van der Waals surface area (Å²) in [6.07, 6.45) is 0.990. The molecule has 2 aliphatic carbocycles. The van der Waals surface area contributed by atoms with Crippen molar-refractivity contribution in [3.05, 3.63) is 117 Å². The van der Waals surface area contributed by atoms with Crippen molar-refractivity contribution in [2.24, 2.45) is 11.1 Å². The summed E-state index contributed by atoms with van der Waals surface area (Å²) < 4.78 is 0.947. The van der Waals surface area contributed by atoms with Crippen LogP contribution in [0.1, 0.15) is 78.9 Å². The third-order valence-corrected chi connectivity index (χ3v) is 6.71. The molecule has 0 heterocycles. The second-order valence-electron chi connectivity index (χ2n) is 12.4. The molecule has 0 amide bonds. The molecule has 0 saturated carbocycles. The maximum Gasteiger partial charge on any atom is 0.194 e. The van der Waals surface area contributed by atoms with E-state index in [1.807, 2.05) is 87.5 Å².